The van der Waals surface area contributed by atoms with Gasteiger partial charge in [-0.2, -0.15) is 0 Å². The summed E-state index contributed by atoms with van der Waals surface area (Å²) in [5, 5.41) is 9.63. The number of benzene rings is 2. The summed E-state index contributed by atoms with van der Waals surface area (Å²) in [7, 11) is 1.24. The normalized spacial score (nSPS) is 12.3. The van der Waals surface area contributed by atoms with Crippen molar-refractivity contribution in [2.45, 2.75) is 6.92 Å². The molecule has 4 heteroatoms. The fourth-order valence-electron chi connectivity index (χ4n) is 2.36. The van der Waals surface area contributed by atoms with E-state index in [9.17, 15) is 14.7 Å². The predicted octanol–water partition coefficient (Wildman–Crippen LogP) is 3.80. The molecule has 24 heavy (non-hydrogen) atoms. The number of esters is 1. The Balaban J connectivity index is 2.67. The SMILES string of the molecule is COC(=O)C(=C(/C)c1ccccc1)/C(=C\c1ccccc1)C(=O)O. The van der Waals surface area contributed by atoms with Crippen LogP contribution in [0.25, 0.3) is 11.6 Å². The minimum Gasteiger partial charge on any atom is -0.478 e. The Kier molecular flexibility index (Phi) is 5.68. The fraction of sp³-hybridized carbons (Fsp3) is 0.100. The molecule has 0 aliphatic heterocycles. The largest absolute Gasteiger partial charge is 0.478 e. The van der Waals surface area contributed by atoms with Crippen LogP contribution in [0.2, 0.25) is 0 Å². The second-order valence-corrected chi connectivity index (χ2v) is 5.13. The van der Waals surface area contributed by atoms with E-state index >= 15 is 0 Å². The molecule has 0 aliphatic rings. The van der Waals surface area contributed by atoms with E-state index in [-0.39, 0.29) is 11.1 Å². The molecule has 122 valence electrons. The molecule has 0 atom stereocenters. The standard InChI is InChI=1S/C20H18O4/c1-14(16-11-7-4-8-12-16)18(20(23)24-2)17(19(21)22)13-15-9-5-3-6-10-15/h3-13H,1-2H3,(H,21,22)/b17-13+,18-14-. The number of rotatable bonds is 5. The Labute approximate surface area is 140 Å². The van der Waals surface area contributed by atoms with Crippen LogP contribution in [0.15, 0.2) is 71.8 Å². The lowest BCUT2D eigenvalue weighted by atomic mass is 9.94. The molecule has 0 saturated heterocycles. The molecule has 0 heterocycles. The van der Waals surface area contributed by atoms with Crippen LogP contribution >= 0.6 is 0 Å². The van der Waals surface area contributed by atoms with Gasteiger partial charge in [0.2, 0.25) is 0 Å². The molecule has 0 unspecified atom stereocenters. The van der Waals surface area contributed by atoms with Crippen molar-refractivity contribution in [1.82, 2.24) is 0 Å². The number of carbonyl (C=O) groups is 2. The van der Waals surface area contributed by atoms with Crippen LogP contribution in [-0.4, -0.2) is 24.2 Å². The van der Waals surface area contributed by atoms with Gasteiger partial charge in [-0.15, -0.1) is 0 Å². The van der Waals surface area contributed by atoms with E-state index in [1.54, 1.807) is 31.2 Å². The third-order valence-electron chi connectivity index (χ3n) is 3.58. The van der Waals surface area contributed by atoms with E-state index in [4.69, 9.17) is 4.74 Å². The Bertz CT molecular complexity index is 787. The summed E-state index contributed by atoms with van der Waals surface area (Å²) in [6, 6.07) is 18.1. The van der Waals surface area contributed by atoms with Crippen molar-refractivity contribution in [2.24, 2.45) is 0 Å². The zero-order valence-electron chi connectivity index (χ0n) is 13.5. The number of hydrogen-bond donors (Lipinski definition) is 1. The zero-order chi connectivity index (χ0) is 17.5. The van der Waals surface area contributed by atoms with E-state index in [1.807, 2.05) is 36.4 Å². The lowest BCUT2D eigenvalue weighted by Crippen LogP contribution is -2.15. The molecule has 0 radical (unpaired) electrons. The van der Waals surface area contributed by atoms with Crippen LogP contribution in [0.4, 0.5) is 0 Å². The van der Waals surface area contributed by atoms with Crippen LogP contribution in [-0.2, 0) is 14.3 Å². The van der Waals surface area contributed by atoms with E-state index in [0.29, 0.717) is 11.1 Å². The van der Waals surface area contributed by atoms with Crippen LogP contribution < -0.4 is 0 Å². The molecule has 0 amide bonds. The third-order valence-corrected chi connectivity index (χ3v) is 3.58. The topological polar surface area (TPSA) is 63.6 Å². The van der Waals surface area contributed by atoms with Crippen LogP contribution in [0.5, 0.6) is 0 Å². The monoisotopic (exact) mass is 322 g/mol. The van der Waals surface area contributed by atoms with Crippen molar-refractivity contribution in [3.05, 3.63) is 82.9 Å². The first-order valence-corrected chi connectivity index (χ1v) is 7.39. The van der Waals surface area contributed by atoms with E-state index in [2.05, 4.69) is 0 Å². The molecule has 0 spiro atoms. The lowest BCUT2D eigenvalue weighted by molar-refractivity contribution is -0.138. The van der Waals surface area contributed by atoms with Crippen LogP contribution in [0.1, 0.15) is 18.1 Å². The number of carboxylic acid groups (broad SMARTS) is 1. The van der Waals surface area contributed by atoms with E-state index < -0.39 is 11.9 Å². The number of carboxylic acids is 1. The number of hydrogen-bond acceptors (Lipinski definition) is 3. The number of ether oxygens (including phenoxy) is 1. The molecule has 1 N–H and O–H groups in total. The van der Waals surface area contributed by atoms with Gasteiger partial charge in [-0.3, -0.25) is 0 Å². The van der Waals surface area contributed by atoms with Crippen molar-refractivity contribution in [2.75, 3.05) is 7.11 Å². The Morgan fingerprint density at radius 2 is 1.50 bits per heavy atom. The molecule has 0 saturated carbocycles. The Hall–Kier alpha value is -3.14. The second-order valence-electron chi connectivity index (χ2n) is 5.13. The molecule has 0 bridgehead atoms. The van der Waals surface area contributed by atoms with Gasteiger partial charge in [-0.05, 0) is 29.7 Å². The highest BCUT2D eigenvalue weighted by Gasteiger charge is 2.24. The first-order valence-electron chi connectivity index (χ1n) is 7.39. The smallest absolute Gasteiger partial charge is 0.339 e. The minimum absolute atomic E-state index is 0.0417. The maximum absolute atomic E-state index is 12.3. The molecule has 2 aromatic carbocycles. The Morgan fingerprint density at radius 3 is 2.00 bits per heavy atom. The molecule has 0 aromatic heterocycles. The molecular weight excluding hydrogens is 304 g/mol. The summed E-state index contributed by atoms with van der Waals surface area (Å²) in [6.45, 7) is 1.71. The number of methoxy groups -OCH3 is 1. The van der Waals surface area contributed by atoms with Gasteiger partial charge in [0, 0.05) is 0 Å². The van der Waals surface area contributed by atoms with Gasteiger partial charge >= 0.3 is 11.9 Å². The predicted molar refractivity (Wildman–Crippen MR) is 93.1 cm³/mol. The van der Waals surface area contributed by atoms with Crippen LogP contribution in [0, 0.1) is 0 Å². The molecule has 0 fully saturated rings. The van der Waals surface area contributed by atoms with E-state index in [0.717, 1.165) is 5.56 Å². The van der Waals surface area contributed by atoms with Gasteiger partial charge in [0.05, 0.1) is 18.3 Å². The van der Waals surface area contributed by atoms with Gasteiger partial charge in [0.1, 0.15) is 0 Å². The zero-order valence-corrected chi connectivity index (χ0v) is 13.5. The number of allylic oxidation sites excluding steroid dienone is 1. The van der Waals surface area contributed by atoms with Crippen molar-refractivity contribution < 1.29 is 19.4 Å². The summed E-state index contributed by atoms with van der Waals surface area (Å²) >= 11 is 0. The van der Waals surface area contributed by atoms with Gasteiger partial charge in [-0.1, -0.05) is 60.7 Å². The summed E-state index contributed by atoms with van der Waals surface area (Å²) < 4.78 is 4.82. The quantitative estimate of drug-likeness (QED) is 0.516. The summed E-state index contributed by atoms with van der Waals surface area (Å²) in [5.74, 6) is -1.87. The number of aliphatic carboxylic acids is 1. The van der Waals surface area contributed by atoms with Crippen molar-refractivity contribution in [1.29, 1.82) is 0 Å². The fourth-order valence-corrected chi connectivity index (χ4v) is 2.36. The molecule has 4 nitrogen and oxygen atoms in total. The van der Waals surface area contributed by atoms with Crippen molar-refractivity contribution in [3.8, 4) is 0 Å². The average molecular weight is 322 g/mol. The maximum atomic E-state index is 12.3. The van der Waals surface area contributed by atoms with Gasteiger partial charge in [-0.25, -0.2) is 9.59 Å². The average Bonchev–Trinajstić information content (AvgIpc) is 2.62. The molecular formula is C20H18O4. The van der Waals surface area contributed by atoms with Gasteiger partial charge in [0.15, 0.2) is 0 Å². The summed E-state index contributed by atoms with van der Waals surface area (Å²) in [6.07, 6.45) is 1.47. The van der Waals surface area contributed by atoms with Crippen molar-refractivity contribution in [3.63, 3.8) is 0 Å². The molecule has 0 aliphatic carbocycles. The van der Waals surface area contributed by atoms with Crippen molar-refractivity contribution >= 4 is 23.6 Å². The lowest BCUT2D eigenvalue weighted by Gasteiger charge is -2.12. The highest BCUT2D eigenvalue weighted by atomic mass is 16.5. The maximum Gasteiger partial charge on any atom is 0.339 e. The van der Waals surface area contributed by atoms with E-state index in [1.165, 1.54) is 13.2 Å². The number of carbonyl (C=O) groups excluding carboxylic acids is 1. The second kappa shape index (κ2) is 7.92. The van der Waals surface area contributed by atoms with Gasteiger partial charge in [0.25, 0.3) is 0 Å². The summed E-state index contributed by atoms with van der Waals surface area (Å²) in [4.78, 5) is 24.1. The third kappa shape index (κ3) is 3.98. The van der Waals surface area contributed by atoms with Gasteiger partial charge < -0.3 is 9.84 Å². The molecule has 2 aromatic rings. The highest BCUT2D eigenvalue weighted by molar-refractivity contribution is 6.13. The Morgan fingerprint density at radius 1 is 0.958 bits per heavy atom. The summed E-state index contributed by atoms with van der Waals surface area (Å²) in [5.41, 5.74) is 1.94. The first kappa shape index (κ1) is 17.2. The minimum atomic E-state index is -1.19. The molecule has 2 rings (SSSR count). The highest BCUT2D eigenvalue weighted by Crippen LogP contribution is 2.26. The first-order chi connectivity index (χ1) is 11.5. The van der Waals surface area contributed by atoms with Crippen LogP contribution in [0.3, 0.4) is 0 Å².